The SMILES string of the molecule is c1ccc2c(c1)Oc1ccccc1C21c2ccccc2-c2ccc(N(c3ccc4c(c3)C3(c5ccccc5Sc5ccccc53)c3ccccc3-4)c3ccc4c(c3)C3(c5ccccc5Sc5ccccc53)c3ccccc3-4)cc21. The van der Waals surface area contributed by atoms with Crippen LogP contribution < -0.4 is 9.64 Å². The first-order valence-electron chi connectivity index (χ1n) is 27.3. The van der Waals surface area contributed by atoms with Crippen LogP contribution in [0.1, 0.15) is 66.8 Å². The van der Waals surface area contributed by atoms with Gasteiger partial charge in [0.1, 0.15) is 11.5 Å². The van der Waals surface area contributed by atoms with Gasteiger partial charge >= 0.3 is 0 Å². The first-order valence-corrected chi connectivity index (χ1v) is 28.9. The Labute approximate surface area is 467 Å². The van der Waals surface area contributed by atoms with Crippen molar-refractivity contribution in [2.75, 3.05) is 4.90 Å². The van der Waals surface area contributed by atoms with Gasteiger partial charge < -0.3 is 9.64 Å². The Morgan fingerprint density at radius 3 is 0.823 bits per heavy atom. The van der Waals surface area contributed by atoms with E-state index in [1.807, 2.05) is 23.5 Å². The average Bonchev–Trinajstić information content (AvgIpc) is 3.86. The summed E-state index contributed by atoms with van der Waals surface area (Å²) in [5.74, 6) is 1.77. The van der Waals surface area contributed by atoms with Gasteiger partial charge in [0.15, 0.2) is 0 Å². The third-order valence-electron chi connectivity index (χ3n) is 18.3. The molecule has 4 heteroatoms. The average molecular weight is 1040 g/mol. The van der Waals surface area contributed by atoms with Crippen LogP contribution in [0.3, 0.4) is 0 Å². The fourth-order valence-corrected chi connectivity index (χ4v) is 17.8. The molecule has 368 valence electrons. The number of nitrogens with zero attached hydrogens (tertiary/aromatic N) is 1. The van der Waals surface area contributed by atoms with Gasteiger partial charge in [-0.25, -0.2) is 0 Å². The molecule has 79 heavy (non-hydrogen) atoms. The second-order valence-corrected chi connectivity index (χ2v) is 23.9. The quantitative estimate of drug-likeness (QED) is 0.175. The molecule has 3 aliphatic carbocycles. The smallest absolute Gasteiger partial charge is 0.132 e. The largest absolute Gasteiger partial charge is 0.457 e. The number of hydrogen-bond acceptors (Lipinski definition) is 4. The second-order valence-electron chi connectivity index (χ2n) is 21.7. The van der Waals surface area contributed by atoms with E-state index in [9.17, 15) is 0 Å². The highest BCUT2D eigenvalue weighted by molar-refractivity contribution is 7.99. The molecular formula is C75H45NOS2. The third-order valence-corrected chi connectivity index (χ3v) is 20.6. The van der Waals surface area contributed by atoms with Gasteiger partial charge in [0.05, 0.1) is 16.2 Å². The van der Waals surface area contributed by atoms with Crippen molar-refractivity contribution in [1.82, 2.24) is 0 Å². The molecule has 0 fully saturated rings. The zero-order valence-electron chi connectivity index (χ0n) is 42.7. The number of hydrogen-bond donors (Lipinski definition) is 0. The van der Waals surface area contributed by atoms with Crippen molar-refractivity contribution in [3.8, 4) is 44.9 Å². The number of benzene rings is 12. The highest BCUT2D eigenvalue weighted by Gasteiger charge is 2.54. The maximum absolute atomic E-state index is 6.85. The van der Waals surface area contributed by atoms with Gasteiger partial charge in [-0.2, -0.15) is 0 Å². The van der Waals surface area contributed by atoms with Crippen LogP contribution in [0.5, 0.6) is 11.5 Å². The molecule has 12 aromatic carbocycles. The second kappa shape index (κ2) is 16.0. The molecule has 3 spiro atoms. The Morgan fingerprint density at radius 2 is 0.481 bits per heavy atom. The molecule has 2 nitrogen and oxygen atoms in total. The van der Waals surface area contributed by atoms with Crippen molar-refractivity contribution >= 4 is 40.6 Å². The zero-order chi connectivity index (χ0) is 51.6. The van der Waals surface area contributed by atoms with E-state index >= 15 is 0 Å². The molecule has 3 aliphatic heterocycles. The van der Waals surface area contributed by atoms with Crippen molar-refractivity contribution in [3.63, 3.8) is 0 Å². The van der Waals surface area contributed by atoms with Crippen LogP contribution in [0.25, 0.3) is 33.4 Å². The maximum Gasteiger partial charge on any atom is 0.132 e. The Kier molecular flexibility index (Phi) is 8.92. The van der Waals surface area contributed by atoms with E-state index in [0.717, 1.165) is 39.7 Å². The van der Waals surface area contributed by atoms with Crippen LogP contribution in [0.4, 0.5) is 17.1 Å². The molecule has 0 atom stereocenters. The molecule has 0 saturated heterocycles. The topological polar surface area (TPSA) is 12.5 Å². The molecule has 0 N–H and O–H groups in total. The molecule has 3 heterocycles. The van der Waals surface area contributed by atoms with Crippen LogP contribution in [0.2, 0.25) is 0 Å². The minimum absolute atomic E-state index is 0.554. The lowest BCUT2D eigenvalue weighted by molar-refractivity contribution is 0.436. The van der Waals surface area contributed by atoms with E-state index < -0.39 is 16.2 Å². The van der Waals surface area contributed by atoms with Gasteiger partial charge in [-0.3, -0.25) is 0 Å². The zero-order valence-corrected chi connectivity index (χ0v) is 44.3. The minimum atomic E-state index is -0.646. The Balaban J connectivity index is 0.946. The standard InChI is InChI=1S/C75H45NOS2/c1-4-22-55-49(19-1)52-40-37-46(43-64(52)73(55)58-25-7-13-31-67(58)77-68-32-14-8-26-59(68)73)76(47-38-41-53-50-20-2-5-23-56(50)74(65(53)44-47)60-27-9-15-33-69(60)78-70-34-16-10-28-61(70)74)48-39-42-54-51-21-3-6-24-57(51)75(66(54)45-48)62-29-11-17-35-71(62)79-72-36-18-12-30-63(72)75/h1-45H. The maximum atomic E-state index is 6.85. The summed E-state index contributed by atoms with van der Waals surface area (Å²) < 4.78 is 6.85. The van der Waals surface area contributed by atoms with Crippen LogP contribution in [-0.2, 0) is 16.2 Å². The molecule has 0 bridgehead atoms. The molecule has 0 aromatic heterocycles. The van der Waals surface area contributed by atoms with E-state index in [-0.39, 0.29) is 0 Å². The Morgan fingerprint density at radius 1 is 0.228 bits per heavy atom. The van der Waals surface area contributed by atoms with E-state index in [1.54, 1.807) is 0 Å². The van der Waals surface area contributed by atoms with E-state index in [2.05, 4.69) is 278 Å². The van der Waals surface area contributed by atoms with Crippen molar-refractivity contribution in [1.29, 1.82) is 0 Å². The highest BCUT2D eigenvalue weighted by Crippen LogP contribution is 2.67. The van der Waals surface area contributed by atoms with Gasteiger partial charge in [-0.1, -0.05) is 224 Å². The van der Waals surface area contributed by atoms with Crippen LogP contribution >= 0.6 is 23.5 Å². The van der Waals surface area contributed by atoms with Gasteiger partial charge in [-0.05, 0) is 162 Å². The lowest BCUT2D eigenvalue weighted by Crippen LogP contribution is -2.32. The lowest BCUT2D eigenvalue weighted by atomic mass is 9.66. The molecule has 12 aromatic rings. The predicted octanol–water partition coefficient (Wildman–Crippen LogP) is 19.3. The Bertz CT molecular complexity index is 4040. The van der Waals surface area contributed by atoms with Crippen molar-refractivity contribution in [2.45, 2.75) is 35.8 Å². The summed E-state index contributed by atoms with van der Waals surface area (Å²) in [5.41, 5.74) is 24.5. The van der Waals surface area contributed by atoms with Gasteiger partial charge in [0.2, 0.25) is 0 Å². The highest BCUT2D eigenvalue weighted by atomic mass is 32.2. The first kappa shape index (κ1) is 44.0. The van der Waals surface area contributed by atoms with Crippen LogP contribution in [0, 0.1) is 0 Å². The molecule has 0 unspecified atom stereocenters. The van der Waals surface area contributed by atoms with Gasteiger partial charge in [0.25, 0.3) is 0 Å². The summed E-state index contributed by atoms with van der Waals surface area (Å²) in [6.45, 7) is 0. The summed E-state index contributed by atoms with van der Waals surface area (Å²) in [4.78, 5) is 7.75. The number of rotatable bonds is 3. The molecule has 0 radical (unpaired) electrons. The molecule has 0 saturated carbocycles. The van der Waals surface area contributed by atoms with Crippen molar-refractivity contribution < 1.29 is 4.74 Å². The summed E-state index contributed by atoms with van der Waals surface area (Å²) in [5, 5.41) is 0. The monoisotopic (exact) mass is 1040 g/mol. The molecular weight excluding hydrogens is 995 g/mol. The number of para-hydroxylation sites is 2. The third kappa shape index (κ3) is 5.50. The Hall–Kier alpha value is -9.06. The summed E-state index contributed by atoms with van der Waals surface area (Å²) in [6, 6.07) is 103. The minimum Gasteiger partial charge on any atom is -0.457 e. The summed E-state index contributed by atoms with van der Waals surface area (Å²) in [7, 11) is 0. The van der Waals surface area contributed by atoms with E-state index in [4.69, 9.17) is 4.74 Å². The van der Waals surface area contributed by atoms with Gasteiger partial charge in [0, 0.05) is 47.8 Å². The number of ether oxygens (including phenoxy) is 1. The molecule has 0 amide bonds. The number of anilines is 3. The fraction of sp³-hybridized carbons (Fsp3) is 0.0400. The van der Waals surface area contributed by atoms with Crippen molar-refractivity contribution in [2.24, 2.45) is 0 Å². The molecule has 6 aliphatic rings. The number of fused-ring (bicyclic) bond motifs is 27. The van der Waals surface area contributed by atoms with Crippen molar-refractivity contribution in [3.05, 3.63) is 340 Å². The predicted molar refractivity (Wildman–Crippen MR) is 321 cm³/mol. The lowest BCUT2D eigenvalue weighted by Gasteiger charge is -2.41. The molecule has 18 rings (SSSR count). The summed E-state index contributed by atoms with van der Waals surface area (Å²) >= 11 is 3.78. The van der Waals surface area contributed by atoms with Crippen LogP contribution in [-0.4, -0.2) is 0 Å². The van der Waals surface area contributed by atoms with Crippen LogP contribution in [0.15, 0.2) is 293 Å². The summed E-state index contributed by atoms with van der Waals surface area (Å²) in [6.07, 6.45) is 0. The van der Waals surface area contributed by atoms with E-state index in [0.29, 0.717) is 0 Å². The fourth-order valence-electron chi connectivity index (χ4n) is 15.4. The first-order chi connectivity index (χ1) is 39.2. The normalized spacial score (nSPS) is 15.4. The van der Waals surface area contributed by atoms with Gasteiger partial charge in [-0.15, -0.1) is 0 Å². The van der Waals surface area contributed by atoms with E-state index in [1.165, 1.54) is 109 Å².